The second kappa shape index (κ2) is 9.87. The molecule has 0 atom stereocenters. The Morgan fingerprint density at radius 1 is 1.09 bits per heavy atom. The second-order valence-corrected chi connectivity index (χ2v) is 9.51. The van der Waals surface area contributed by atoms with Crippen molar-refractivity contribution in [3.8, 4) is 0 Å². The van der Waals surface area contributed by atoms with E-state index in [1.165, 1.54) is 11.3 Å². The Balaban J connectivity index is 1.73. The minimum absolute atomic E-state index is 0.154. The summed E-state index contributed by atoms with van der Waals surface area (Å²) in [5, 5.41) is 2.76. The quantitative estimate of drug-likeness (QED) is 0.255. The maximum atomic E-state index is 12.3. The van der Waals surface area contributed by atoms with Crippen LogP contribution in [0.25, 0.3) is 6.08 Å². The zero-order valence-corrected chi connectivity index (χ0v) is 19.5. The maximum Gasteiger partial charge on any atom is 0.492 e. The molecule has 1 saturated heterocycles. The van der Waals surface area contributed by atoms with Gasteiger partial charge in [-0.2, -0.15) is 0 Å². The van der Waals surface area contributed by atoms with Gasteiger partial charge in [-0.25, -0.2) is 10.6 Å². The van der Waals surface area contributed by atoms with E-state index >= 15 is 0 Å². The Labute approximate surface area is 192 Å². The Morgan fingerprint density at radius 2 is 1.75 bits per heavy atom. The van der Waals surface area contributed by atoms with E-state index in [-0.39, 0.29) is 19.1 Å². The lowest BCUT2D eigenvalue weighted by Crippen LogP contribution is -2.41. The number of benzene rings is 1. The molecule has 2 aromatic rings. The Kier molecular flexibility index (Phi) is 7.40. The van der Waals surface area contributed by atoms with Crippen molar-refractivity contribution >= 4 is 36.5 Å². The van der Waals surface area contributed by atoms with Crippen LogP contribution in [0.2, 0.25) is 0 Å². The van der Waals surface area contributed by atoms with E-state index < -0.39 is 24.4 Å². The minimum atomic E-state index is -0.664. The summed E-state index contributed by atoms with van der Waals surface area (Å²) in [4.78, 5) is 25.3. The molecule has 32 heavy (non-hydrogen) atoms. The first kappa shape index (κ1) is 24.0. The fraction of sp³-hybridized carbons (Fsp3) is 0.364. The molecule has 1 aliphatic heterocycles. The Hall–Kier alpha value is -2.66. The molecule has 0 saturated carbocycles. The summed E-state index contributed by atoms with van der Waals surface area (Å²) in [5.41, 5.74) is 2.64. The minimum Gasteiger partial charge on any atom is -0.445 e. The van der Waals surface area contributed by atoms with Crippen LogP contribution in [0.4, 0.5) is 4.79 Å². The molecule has 170 valence electrons. The molecule has 1 aromatic carbocycles. The zero-order valence-electron chi connectivity index (χ0n) is 18.6. The van der Waals surface area contributed by atoms with E-state index in [9.17, 15) is 9.59 Å². The van der Waals surface area contributed by atoms with E-state index in [1.54, 1.807) is 12.1 Å². The van der Waals surface area contributed by atoms with Crippen molar-refractivity contribution in [2.45, 2.75) is 45.5 Å². The van der Waals surface area contributed by atoms with Crippen molar-refractivity contribution in [3.63, 3.8) is 0 Å². The van der Waals surface area contributed by atoms with Crippen LogP contribution >= 0.6 is 11.3 Å². The highest BCUT2D eigenvalue weighted by Crippen LogP contribution is 2.39. The summed E-state index contributed by atoms with van der Waals surface area (Å²) in [6.45, 7) is 8.16. The molecular weight excluding hydrogens is 429 g/mol. The van der Waals surface area contributed by atoms with Gasteiger partial charge in [-0.3, -0.25) is 10.2 Å². The molecule has 2 heterocycles. The van der Waals surface area contributed by atoms with Crippen LogP contribution < -0.4 is 16.6 Å². The van der Waals surface area contributed by atoms with Gasteiger partial charge < -0.3 is 19.4 Å². The van der Waals surface area contributed by atoms with Crippen LogP contribution in [0, 0.1) is 0 Å². The molecule has 3 rings (SSSR count). The number of nitrogens with one attached hydrogen (secondary N) is 2. The van der Waals surface area contributed by atoms with Gasteiger partial charge in [0.1, 0.15) is 6.61 Å². The molecule has 4 N–H and O–H groups in total. The standard InChI is InChI=1S/C22H28BN3O5S/c1-21(2)22(3,4)31-23(30-21)16(12-17-10-11-18(32-17)19(27)26-24)13-25-20(28)29-14-15-8-6-5-7-9-15/h5-12H,13-14,24H2,1-4H3,(H,25,28)(H,26,27). The van der Waals surface area contributed by atoms with Gasteiger partial charge in [-0.05, 0) is 56.9 Å². The van der Waals surface area contributed by atoms with Gasteiger partial charge in [-0.1, -0.05) is 30.3 Å². The van der Waals surface area contributed by atoms with E-state index in [0.29, 0.717) is 10.3 Å². The number of alkyl carbamates (subject to hydrolysis) is 1. The second-order valence-electron chi connectivity index (χ2n) is 8.40. The SMILES string of the molecule is CC1(C)OB(C(=Cc2ccc(C(=O)NN)s2)CNC(=O)OCc2ccccc2)OC1(C)C. The molecule has 8 nitrogen and oxygen atoms in total. The monoisotopic (exact) mass is 457 g/mol. The summed E-state index contributed by atoms with van der Waals surface area (Å²) in [5.74, 6) is 4.85. The van der Waals surface area contributed by atoms with E-state index in [2.05, 4.69) is 10.7 Å². The number of nitrogens with two attached hydrogens (primary N) is 1. The Morgan fingerprint density at radius 3 is 2.38 bits per heavy atom. The number of carbonyl (C=O) groups is 2. The maximum absolute atomic E-state index is 12.3. The first-order valence-electron chi connectivity index (χ1n) is 10.2. The molecule has 1 aromatic heterocycles. The first-order valence-corrected chi connectivity index (χ1v) is 11.0. The van der Waals surface area contributed by atoms with Gasteiger partial charge in [0, 0.05) is 11.4 Å². The van der Waals surface area contributed by atoms with Crippen LogP contribution in [-0.4, -0.2) is 36.9 Å². The number of ether oxygens (including phenoxy) is 1. The number of amides is 2. The lowest BCUT2D eigenvalue weighted by atomic mass is 9.77. The van der Waals surface area contributed by atoms with Crippen molar-refractivity contribution < 1.29 is 23.6 Å². The van der Waals surface area contributed by atoms with Crippen LogP contribution in [0.3, 0.4) is 0 Å². The summed E-state index contributed by atoms with van der Waals surface area (Å²) in [6.07, 6.45) is 1.29. The predicted octanol–water partition coefficient (Wildman–Crippen LogP) is 3.29. The highest BCUT2D eigenvalue weighted by Gasteiger charge is 2.52. The molecule has 1 fully saturated rings. The topological polar surface area (TPSA) is 112 Å². The normalized spacial score (nSPS) is 17.2. The number of carbonyl (C=O) groups excluding carboxylic acids is 2. The largest absolute Gasteiger partial charge is 0.492 e. The number of thiophene rings is 1. The van der Waals surface area contributed by atoms with Crippen LogP contribution in [0.15, 0.2) is 47.9 Å². The van der Waals surface area contributed by atoms with E-state index in [4.69, 9.17) is 19.9 Å². The third-order valence-corrected chi connectivity index (χ3v) is 6.55. The van der Waals surface area contributed by atoms with Crippen LogP contribution in [0.5, 0.6) is 0 Å². The number of hydrogen-bond acceptors (Lipinski definition) is 7. The summed E-state index contributed by atoms with van der Waals surface area (Å²) < 4.78 is 17.6. The average molecular weight is 457 g/mol. The van der Waals surface area contributed by atoms with Gasteiger partial charge >= 0.3 is 13.2 Å². The van der Waals surface area contributed by atoms with Crippen molar-refractivity contribution in [1.29, 1.82) is 0 Å². The summed E-state index contributed by atoms with van der Waals surface area (Å²) >= 11 is 1.27. The lowest BCUT2D eigenvalue weighted by Gasteiger charge is -2.32. The fourth-order valence-corrected chi connectivity index (χ4v) is 3.84. The first-order chi connectivity index (χ1) is 15.1. The van der Waals surface area contributed by atoms with Crippen molar-refractivity contribution in [2.75, 3.05) is 6.54 Å². The van der Waals surface area contributed by atoms with Crippen molar-refractivity contribution in [1.82, 2.24) is 10.7 Å². The van der Waals surface area contributed by atoms with Crippen molar-refractivity contribution in [3.05, 3.63) is 63.3 Å². The summed E-state index contributed by atoms with van der Waals surface area (Å²) in [6, 6.07) is 12.9. The van der Waals surface area contributed by atoms with Gasteiger partial charge in [0.15, 0.2) is 0 Å². The average Bonchev–Trinajstić information content (AvgIpc) is 3.31. The molecule has 0 spiro atoms. The van der Waals surface area contributed by atoms with Gasteiger partial charge in [0.05, 0.1) is 16.1 Å². The molecule has 10 heteroatoms. The lowest BCUT2D eigenvalue weighted by molar-refractivity contribution is 0.00578. The number of nitrogen functional groups attached to an aromatic ring is 1. The van der Waals surface area contributed by atoms with Crippen LogP contribution in [-0.2, 0) is 20.7 Å². The Bertz CT molecular complexity index is 974. The number of rotatable bonds is 7. The third-order valence-electron chi connectivity index (χ3n) is 5.51. The third kappa shape index (κ3) is 5.77. The molecule has 0 bridgehead atoms. The predicted molar refractivity (Wildman–Crippen MR) is 125 cm³/mol. The molecule has 0 unspecified atom stereocenters. The molecule has 2 amide bonds. The molecule has 0 radical (unpaired) electrons. The smallest absolute Gasteiger partial charge is 0.445 e. The van der Waals surface area contributed by atoms with Crippen molar-refractivity contribution in [2.24, 2.45) is 5.84 Å². The number of hydrogen-bond donors (Lipinski definition) is 3. The zero-order chi connectivity index (χ0) is 23.4. The highest BCUT2D eigenvalue weighted by molar-refractivity contribution is 7.14. The van der Waals surface area contributed by atoms with Gasteiger partial charge in [-0.15, -0.1) is 11.3 Å². The van der Waals surface area contributed by atoms with Gasteiger partial charge in [0.25, 0.3) is 5.91 Å². The molecule has 1 aliphatic rings. The molecular formula is C22H28BN3O5S. The van der Waals surface area contributed by atoms with E-state index in [0.717, 1.165) is 10.4 Å². The molecule has 0 aliphatic carbocycles. The van der Waals surface area contributed by atoms with Gasteiger partial charge in [0.2, 0.25) is 0 Å². The fourth-order valence-electron chi connectivity index (χ4n) is 2.95. The van der Waals surface area contributed by atoms with Crippen LogP contribution in [0.1, 0.15) is 47.8 Å². The van der Waals surface area contributed by atoms with E-state index in [1.807, 2.05) is 64.1 Å². The number of hydrazine groups is 1. The highest BCUT2D eigenvalue weighted by atomic mass is 32.1. The summed E-state index contributed by atoms with van der Waals surface area (Å²) in [7, 11) is -0.664.